The van der Waals surface area contributed by atoms with E-state index >= 15 is 0 Å². The second-order valence-corrected chi connectivity index (χ2v) is 5.57. The summed E-state index contributed by atoms with van der Waals surface area (Å²) in [5, 5.41) is 11.5. The first kappa shape index (κ1) is 15.8. The largest absolute Gasteiger partial charge is 0.480 e. The van der Waals surface area contributed by atoms with Crippen molar-refractivity contribution in [3.05, 3.63) is 35.4 Å². The molecule has 1 aromatic carbocycles. The fourth-order valence-corrected chi connectivity index (χ4v) is 1.89. The fraction of sp³-hybridized carbons (Fsp3) is 0.375. The van der Waals surface area contributed by atoms with Gasteiger partial charge >= 0.3 is 5.97 Å². The minimum atomic E-state index is -1.13. The number of carboxylic acid groups (broad SMARTS) is 1. The lowest BCUT2D eigenvalue weighted by Crippen LogP contribution is -2.41. The standard InChI is InChI=1S/C16H19NO3/c1-5-8-13(15(19)20)17-14(18)11-9-6-7-10-12(11)16(2,3)4/h1,6-7,9-10,13H,8H2,2-4H3,(H,17,18)(H,19,20). The van der Waals surface area contributed by atoms with Crippen LogP contribution in [0.1, 0.15) is 43.1 Å². The SMILES string of the molecule is C#CCC(NC(=O)c1ccccc1C(C)(C)C)C(=O)O. The van der Waals surface area contributed by atoms with Crippen LogP contribution >= 0.6 is 0 Å². The number of aliphatic carboxylic acids is 1. The fourth-order valence-electron chi connectivity index (χ4n) is 1.89. The normalized spacial score (nSPS) is 12.3. The minimum Gasteiger partial charge on any atom is -0.480 e. The monoisotopic (exact) mass is 273 g/mol. The van der Waals surface area contributed by atoms with Crippen LogP contribution in [0.4, 0.5) is 0 Å². The number of hydrogen-bond acceptors (Lipinski definition) is 2. The summed E-state index contributed by atoms with van der Waals surface area (Å²) >= 11 is 0. The molecule has 0 bridgehead atoms. The summed E-state index contributed by atoms with van der Waals surface area (Å²) in [7, 11) is 0. The van der Waals surface area contributed by atoms with Gasteiger partial charge in [-0.1, -0.05) is 39.0 Å². The lowest BCUT2D eigenvalue weighted by atomic mass is 9.83. The number of nitrogens with one attached hydrogen (secondary N) is 1. The van der Waals surface area contributed by atoms with Crippen molar-refractivity contribution in [1.82, 2.24) is 5.32 Å². The quantitative estimate of drug-likeness (QED) is 0.826. The Morgan fingerprint density at radius 3 is 2.45 bits per heavy atom. The molecule has 0 aromatic heterocycles. The van der Waals surface area contributed by atoms with Gasteiger partial charge in [0.2, 0.25) is 0 Å². The zero-order valence-corrected chi connectivity index (χ0v) is 11.9. The van der Waals surface area contributed by atoms with E-state index in [1.807, 2.05) is 32.9 Å². The van der Waals surface area contributed by atoms with Crippen molar-refractivity contribution < 1.29 is 14.7 Å². The molecule has 0 fully saturated rings. The third-order valence-electron chi connectivity index (χ3n) is 2.91. The zero-order valence-electron chi connectivity index (χ0n) is 11.9. The average molecular weight is 273 g/mol. The van der Waals surface area contributed by atoms with E-state index in [0.29, 0.717) is 5.56 Å². The molecule has 0 radical (unpaired) electrons. The summed E-state index contributed by atoms with van der Waals surface area (Å²) in [5.41, 5.74) is 1.13. The van der Waals surface area contributed by atoms with E-state index < -0.39 is 17.9 Å². The van der Waals surface area contributed by atoms with E-state index in [9.17, 15) is 9.59 Å². The Balaban J connectivity index is 3.05. The molecule has 0 aliphatic rings. The minimum absolute atomic E-state index is 0.0429. The van der Waals surface area contributed by atoms with Gasteiger partial charge in [0.25, 0.3) is 5.91 Å². The van der Waals surface area contributed by atoms with Crippen molar-refractivity contribution in [2.45, 2.75) is 38.6 Å². The van der Waals surface area contributed by atoms with Crippen LogP contribution in [0.25, 0.3) is 0 Å². The van der Waals surface area contributed by atoms with Gasteiger partial charge in [-0.15, -0.1) is 12.3 Å². The molecule has 4 nitrogen and oxygen atoms in total. The Morgan fingerprint density at radius 2 is 1.95 bits per heavy atom. The van der Waals surface area contributed by atoms with Gasteiger partial charge in [-0.2, -0.15) is 0 Å². The number of amides is 1. The van der Waals surface area contributed by atoms with Crippen molar-refractivity contribution in [3.8, 4) is 12.3 Å². The van der Waals surface area contributed by atoms with Gasteiger partial charge in [0, 0.05) is 12.0 Å². The molecular formula is C16H19NO3. The van der Waals surface area contributed by atoms with Gasteiger partial charge in [-0.3, -0.25) is 4.79 Å². The maximum absolute atomic E-state index is 12.3. The molecule has 106 valence electrons. The molecule has 1 unspecified atom stereocenters. The molecule has 0 aliphatic heterocycles. The van der Waals surface area contributed by atoms with Crippen molar-refractivity contribution in [2.24, 2.45) is 0 Å². The number of terminal acetylenes is 1. The first-order valence-electron chi connectivity index (χ1n) is 6.34. The van der Waals surface area contributed by atoms with E-state index in [2.05, 4.69) is 11.2 Å². The highest BCUT2D eigenvalue weighted by molar-refractivity contribution is 5.98. The number of carbonyl (C=O) groups is 2. The van der Waals surface area contributed by atoms with Gasteiger partial charge in [0.05, 0.1) is 0 Å². The van der Waals surface area contributed by atoms with Crippen molar-refractivity contribution in [3.63, 3.8) is 0 Å². The number of benzene rings is 1. The second-order valence-electron chi connectivity index (χ2n) is 5.57. The van der Waals surface area contributed by atoms with E-state index in [-0.39, 0.29) is 11.8 Å². The predicted molar refractivity (Wildman–Crippen MR) is 77.5 cm³/mol. The molecule has 1 aromatic rings. The van der Waals surface area contributed by atoms with Crippen LogP contribution in [-0.4, -0.2) is 23.0 Å². The summed E-state index contributed by atoms with van der Waals surface area (Å²) in [4.78, 5) is 23.3. The maximum atomic E-state index is 12.3. The van der Waals surface area contributed by atoms with Crippen LogP contribution in [0.5, 0.6) is 0 Å². The van der Waals surface area contributed by atoms with Crippen molar-refractivity contribution in [1.29, 1.82) is 0 Å². The molecule has 0 saturated heterocycles. The third-order valence-corrected chi connectivity index (χ3v) is 2.91. The Morgan fingerprint density at radius 1 is 1.35 bits per heavy atom. The topological polar surface area (TPSA) is 66.4 Å². The molecule has 1 atom stereocenters. The molecule has 2 N–H and O–H groups in total. The first-order chi connectivity index (χ1) is 9.27. The molecule has 0 aliphatic carbocycles. The number of carboxylic acids is 1. The van der Waals surface area contributed by atoms with Crippen LogP contribution in [0.15, 0.2) is 24.3 Å². The molecule has 20 heavy (non-hydrogen) atoms. The smallest absolute Gasteiger partial charge is 0.327 e. The molecule has 0 spiro atoms. The summed E-state index contributed by atoms with van der Waals surface area (Å²) < 4.78 is 0. The van der Waals surface area contributed by atoms with Crippen LogP contribution in [0.2, 0.25) is 0 Å². The third kappa shape index (κ3) is 3.86. The van der Waals surface area contributed by atoms with Gasteiger partial charge in [0.15, 0.2) is 0 Å². The van der Waals surface area contributed by atoms with E-state index in [0.717, 1.165) is 5.56 Å². The maximum Gasteiger partial charge on any atom is 0.327 e. The highest BCUT2D eigenvalue weighted by atomic mass is 16.4. The molecule has 0 saturated carbocycles. The highest BCUT2D eigenvalue weighted by Crippen LogP contribution is 2.25. The molecule has 1 amide bonds. The number of rotatable bonds is 4. The lowest BCUT2D eigenvalue weighted by Gasteiger charge is -2.23. The van der Waals surface area contributed by atoms with Gasteiger partial charge in [0.1, 0.15) is 6.04 Å². The van der Waals surface area contributed by atoms with Crippen LogP contribution in [0, 0.1) is 12.3 Å². The Bertz CT molecular complexity index is 550. The average Bonchev–Trinajstić information content (AvgIpc) is 2.37. The van der Waals surface area contributed by atoms with E-state index in [1.54, 1.807) is 12.1 Å². The summed E-state index contributed by atoms with van der Waals surface area (Å²) in [6.07, 6.45) is 5.07. The molecule has 1 rings (SSSR count). The van der Waals surface area contributed by atoms with Gasteiger partial charge in [-0.25, -0.2) is 4.79 Å². The number of hydrogen-bond donors (Lipinski definition) is 2. The molecule has 4 heteroatoms. The Labute approximate surface area is 119 Å². The Hall–Kier alpha value is -2.28. The zero-order chi connectivity index (χ0) is 15.3. The van der Waals surface area contributed by atoms with Gasteiger partial charge in [-0.05, 0) is 17.0 Å². The summed E-state index contributed by atoms with van der Waals surface area (Å²) in [6.45, 7) is 5.99. The lowest BCUT2D eigenvalue weighted by molar-refractivity contribution is -0.139. The number of carbonyl (C=O) groups excluding carboxylic acids is 1. The second kappa shape index (κ2) is 6.25. The Kier molecular flexibility index (Phi) is 4.93. The summed E-state index contributed by atoms with van der Waals surface area (Å²) in [6, 6.07) is 6.09. The van der Waals surface area contributed by atoms with E-state index in [1.165, 1.54) is 0 Å². The predicted octanol–water partition coefficient (Wildman–Crippen LogP) is 2.19. The molecule has 0 heterocycles. The van der Waals surface area contributed by atoms with Crippen molar-refractivity contribution in [2.75, 3.05) is 0 Å². The molecular weight excluding hydrogens is 254 g/mol. The van der Waals surface area contributed by atoms with Crippen LogP contribution in [0.3, 0.4) is 0 Å². The van der Waals surface area contributed by atoms with Crippen molar-refractivity contribution >= 4 is 11.9 Å². The first-order valence-corrected chi connectivity index (χ1v) is 6.34. The van der Waals surface area contributed by atoms with Crippen LogP contribution < -0.4 is 5.32 Å². The summed E-state index contributed by atoms with van der Waals surface area (Å²) in [5.74, 6) is 0.702. The highest BCUT2D eigenvalue weighted by Gasteiger charge is 2.24. The van der Waals surface area contributed by atoms with Crippen LogP contribution in [-0.2, 0) is 10.2 Å². The van der Waals surface area contributed by atoms with E-state index in [4.69, 9.17) is 11.5 Å². The van der Waals surface area contributed by atoms with Gasteiger partial charge < -0.3 is 10.4 Å².